The van der Waals surface area contributed by atoms with Gasteiger partial charge in [-0.3, -0.25) is 4.99 Å². The van der Waals surface area contributed by atoms with Crippen LogP contribution >= 0.6 is 0 Å². The van der Waals surface area contributed by atoms with Crippen LogP contribution in [0.4, 0.5) is 5.82 Å². The molecule has 0 aliphatic carbocycles. The zero-order valence-electron chi connectivity index (χ0n) is 16.5. The second-order valence-electron chi connectivity index (χ2n) is 7.13. The average molecular weight is 366 g/mol. The van der Waals surface area contributed by atoms with Crippen LogP contribution in [0.3, 0.4) is 0 Å². The van der Waals surface area contributed by atoms with E-state index >= 15 is 0 Å². The number of pyridine rings is 1. The molecule has 1 aromatic heterocycles. The minimum Gasteiger partial charge on any atom is -0.357 e. The summed E-state index contributed by atoms with van der Waals surface area (Å²) in [5, 5.41) is 6.81. The first-order chi connectivity index (χ1) is 13.3. The highest BCUT2D eigenvalue weighted by molar-refractivity contribution is 5.79. The molecular formula is C22H31N5. The van der Waals surface area contributed by atoms with Crippen molar-refractivity contribution in [2.45, 2.75) is 45.7 Å². The zero-order chi connectivity index (χ0) is 18.9. The van der Waals surface area contributed by atoms with Gasteiger partial charge in [-0.15, -0.1) is 0 Å². The number of aliphatic imine (C=N–C) groups is 1. The first-order valence-corrected chi connectivity index (χ1v) is 9.95. The maximum atomic E-state index is 4.59. The zero-order valence-corrected chi connectivity index (χ0v) is 16.5. The summed E-state index contributed by atoms with van der Waals surface area (Å²) in [6.45, 7) is 5.86. The molecule has 2 aromatic rings. The molecule has 0 bridgehead atoms. The fourth-order valence-electron chi connectivity index (χ4n) is 3.44. The number of benzene rings is 1. The van der Waals surface area contributed by atoms with Crippen LogP contribution in [-0.2, 0) is 13.1 Å². The van der Waals surface area contributed by atoms with Gasteiger partial charge in [0.15, 0.2) is 5.96 Å². The van der Waals surface area contributed by atoms with E-state index in [-0.39, 0.29) is 0 Å². The highest BCUT2D eigenvalue weighted by atomic mass is 15.2. The van der Waals surface area contributed by atoms with Crippen LogP contribution in [0.1, 0.15) is 42.4 Å². The minimum atomic E-state index is 0.733. The maximum absolute atomic E-state index is 4.59. The third-order valence-corrected chi connectivity index (χ3v) is 5.13. The SMILES string of the molecule is CN=C(NCc1ccnc(N2CCCCCC2)c1)NCc1ccccc1C. The molecule has 1 saturated heterocycles. The van der Waals surface area contributed by atoms with E-state index in [9.17, 15) is 0 Å². The fraction of sp³-hybridized carbons (Fsp3) is 0.455. The molecule has 0 amide bonds. The molecule has 0 unspecified atom stereocenters. The Morgan fingerprint density at radius 1 is 1.04 bits per heavy atom. The summed E-state index contributed by atoms with van der Waals surface area (Å²) < 4.78 is 0. The van der Waals surface area contributed by atoms with Crippen molar-refractivity contribution < 1.29 is 0 Å². The predicted molar refractivity (Wildman–Crippen MR) is 113 cm³/mol. The van der Waals surface area contributed by atoms with E-state index in [4.69, 9.17) is 0 Å². The summed E-state index contributed by atoms with van der Waals surface area (Å²) in [5.74, 6) is 1.91. The minimum absolute atomic E-state index is 0.733. The molecule has 2 N–H and O–H groups in total. The molecule has 0 radical (unpaired) electrons. The number of aryl methyl sites for hydroxylation is 1. The van der Waals surface area contributed by atoms with Gasteiger partial charge in [0.05, 0.1) is 0 Å². The Kier molecular flexibility index (Phi) is 7.08. The van der Waals surface area contributed by atoms with Gasteiger partial charge in [0, 0.05) is 39.4 Å². The summed E-state index contributed by atoms with van der Waals surface area (Å²) in [6, 6.07) is 12.7. The molecule has 144 valence electrons. The summed E-state index contributed by atoms with van der Waals surface area (Å²) in [7, 11) is 1.81. The van der Waals surface area contributed by atoms with Crippen molar-refractivity contribution in [2.75, 3.05) is 25.0 Å². The van der Waals surface area contributed by atoms with Crippen molar-refractivity contribution in [3.63, 3.8) is 0 Å². The van der Waals surface area contributed by atoms with E-state index in [1.54, 1.807) is 0 Å². The second kappa shape index (κ2) is 9.95. The van der Waals surface area contributed by atoms with E-state index in [2.05, 4.69) is 68.8 Å². The van der Waals surface area contributed by atoms with Crippen molar-refractivity contribution in [3.05, 3.63) is 59.3 Å². The largest absolute Gasteiger partial charge is 0.357 e. The fourth-order valence-corrected chi connectivity index (χ4v) is 3.44. The molecule has 27 heavy (non-hydrogen) atoms. The summed E-state index contributed by atoms with van der Waals surface area (Å²) in [6.07, 6.45) is 7.11. The third-order valence-electron chi connectivity index (χ3n) is 5.13. The Bertz CT molecular complexity index is 748. The molecule has 1 aromatic carbocycles. The molecule has 0 spiro atoms. The van der Waals surface area contributed by atoms with Crippen LogP contribution in [0, 0.1) is 6.92 Å². The van der Waals surface area contributed by atoms with Crippen molar-refractivity contribution in [1.29, 1.82) is 0 Å². The summed E-state index contributed by atoms with van der Waals surface area (Å²) in [4.78, 5) is 11.3. The topological polar surface area (TPSA) is 52.6 Å². The molecule has 0 saturated carbocycles. The van der Waals surface area contributed by atoms with Gasteiger partial charge in [-0.25, -0.2) is 4.98 Å². The van der Waals surface area contributed by atoms with Crippen molar-refractivity contribution in [3.8, 4) is 0 Å². The van der Waals surface area contributed by atoms with Crippen LogP contribution < -0.4 is 15.5 Å². The molecule has 0 atom stereocenters. The Balaban J connectivity index is 1.55. The van der Waals surface area contributed by atoms with Crippen molar-refractivity contribution >= 4 is 11.8 Å². The molecule has 1 fully saturated rings. The van der Waals surface area contributed by atoms with Gasteiger partial charge < -0.3 is 15.5 Å². The number of nitrogens with one attached hydrogen (secondary N) is 2. The average Bonchev–Trinajstić information content (AvgIpc) is 2.99. The Hall–Kier alpha value is -2.56. The first kappa shape index (κ1) is 19.2. The van der Waals surface area contributed by atoms with Gasteiger partial charge in [-0.2, -0.15) is 0 Å². The summed E-state index contributed by atoms with van der Waals surface area (Å²) in [5.41, 5.74) is 3.80. The van der Waals surface area contributed by atoms with Gasteiger partial charge >= 0.3 is 0 Å². The van der Waals surface area contributed by atoms with Gasteiger partial charge in [0.25, 0.3) is 0 Å². The van der Waals surface area contributed by atoms with Crippen LogP contribution in [0.5, 0.6) is 0 Å². The first-order valence-electron chi connectivity index (χ1n) is 9.95. The number of nitrogens with zero attached hydrogens (tertiary/aromatic N) is 3. The molecule has 1 aliphatic heterocycles. The molecule has 5 nitrogen and oxygen atoms in total. The summed E-state index contributed by atoms with van der Waals surface area (Å²) >= 11 is 0. The smallest absolute Gasteiger partial charge is 0.191 e. The van der Waals surface area contributed by atoms with Crippen molar-refractivity contribution in [1.82, 2.24) is 15.6 Å². The van der Waals surface area contributed by atoms with E-state index in [0.717, 1.165) is 38.0 Å². The maximum Gasteiger partial charge on any atom is 0.191 e. The monoisotopic (exact) mass is 365 g/mol. The van der Waals surface area contributed by atoms with Crippen molar-refractivity contribution in [2.24, 2.45) is 4.99 Å². The Morgan fingerprint density at radius 3 is 2.52 bits per heavy atom. The number of guanidine groups is 1. The molecule has 3 rings (SSSR count). The molecule has 1 aliphatic rings. The highest BCUT2D eigenvalue weighted by Crippen LogP contribution is 2.18. The standard InChI is InChI=1S/C22H31N5/c1-18-9-5-6-10-20(18)17-26-22(23-2)25-16-19-11-12-24-21(15-19)27-13-7-3-4-8-14-27/h5-6,9-12,15H,3-4,7-8,13-14,16-17H2,1-2H3,(H2,23,25,26). The van der Waals surface area contributed by atoms with Crippen LogP contribution in [0.2, 0.25) is 0 Å². The lowest BCUT2D eigenvalue weighted by atomic mass is 10.1. The Morgan fingerprint density at radius 2 is 1.78 bits per heavy atom. The third kappa shape index (κ3) is 5.71. The number of aromatic nitrogens is 1. The normalized spacial score (nSPS) is 15.3. The van der Waals surface area contributed by atoms with Gasteiger partial charge in [-0.1, -0.05) is 37.1 Å². The van der Waals surface area contributed by atoms with E-state index in [1.165, 1.54) is 42.4 Å². The number of hydrogen-bond donors (Lipinski definition) is 2. The number of rotatable bonds is 5. The van der Waals surface area contributed by atoms with Crippen LogP contribution in [0.15, 0.2) is 47.6 Å². The lowest BCUT2D eigenvalue weighted by Crippen LogP contribution is -2.36. The van der Waals surface area contributed by atoms with E-state index in [0.29, 0.717) is 0 Å². The second-order valence-corrected chi connectivity index (χ2v) is 7.13. The van der Waals surface area contributed by atoms with Crippen LogP contribution in [-0.4, -0.2) is 31.1 Å². The Labute approximate surface area is 162 Å². The highest BCUT2D eigenvalue weighted by Gasteiger charge is 2.11. The molecule has 5 heteroatoms. The van der Waals surface area contributed by atoms with E-state index < -0.39 is 0 Å². The number of hydrogen-bond acceptors (Lipinski definition) is 3. The van der Waals surface area contributed by atoms with Gasteiger partial charge in [0.2, 0.25) is 0 Å². The quantitative estimate of drug-likeness (QED) is 0.627. The molecular weight excluding hydrogens is 334 g/mol. The van der Waals surface area contributed by atoms with Gasteiger partial charge in [0.1, 0.15) is 5.82 Å². The van der Waals surface area contributed by atoms with E-state index in [1.807, 2.05) is 13.2 Å². The molecule has 2 heterocycles. The lowest BCUT2D eigenvalue weighted by Gasteiger charge is -2.22. The van der Waals surface area contributed by atoms with Crippen LogP contribution in [0.25, 0.3) is 0 Å². The lowest BCUT2D eigenvalue weighted by molar-refractivity contribution is 0.726. The van der Waals surface area contributed by atoms with Gasteiger partial charge in [-0.05, 0) is 48.6 Å². The predicted octanol–water partition coefficient (Wildman–Crippen LogP) is 3.64. The number of anilines is 1.